The highest BCUT2D eigenvalue weighted by molar-refractivity contribution is 5.80. The minimum Gasteiger partial charge on any atom is -0.359 e. The Labute approximate surface area is 77.9 Å². The molecule has 1 amide bonds. The van der Waals surface area contributed by atoms with Gasteiger partial charge in [-0.05, 0) is 6.92 Å². The molecule has 0 bridgehead atoms. The highest BCUT2D eigenvalue weighted by Crippen LogP contribution is 1.80. The molecule has 0 aromatic rings. The Kier molecular flexibility index (Phi) is 6.62. The quantitative estimate of drug-likeness (QED) is 0.187. The normalized spacial score (nSPS) is 10.8. The van der Waals surface area contributed by atoms with Gasteiger partial charge in [0.1, 0.15) is 0 Å². The van der Waals surface area contributed by atoms with Gasteiger partial charge in [0.15, 0.2) is 0 Å². The van der Waals surface area contributed by atoms with E-state index in [-0.39, 0.29) is 5.91 Å². The van der Waals surface area contributed by atoms with E-state index in [4.69, 9.17) is 5.84 Å². The second kappa shape index (κ2) is 7.35. The molecule has 0 fully saturated rings. The van der Waals surface area contributed by atoms with E-state index in [1.165, 1.54) is 0 Å². The summed E-state index contributed by atoms with van der Waals surface area (Å²) < 4.78 is 0. The van der Waals surface area contributed by atoms with Gasteiger partial charge in [0.05, 0.1) is 6.54 Å². The van der Waals surface area contributed by atoms with E-state index in [1.807, 2.05) is 6.92 Å². The third-order valence-corrected chi connectivity index (χ3v) is 1.37. The zero-order valence-corrected chi connectivity index (χ0v) is 8.05. The Morgan fingerprint density at radius 2 is 2.23 bits per heavy atom. The van der Waals surface area contributed by atoms with Crippen LogP contribution in [-0.4, -0.2) is 32.0 Å². The summed E-state index contributed by atoms with van der Waals surface area (Å²) in [6.45, 7) is 3.10. The van der Waals surface area contributed by atoms with E-state index in [0.717, 1.165) is 6.54 Å². The van der Waals surface area contributed by atoms with Crippen LogP contribution < -0.4 is 21.9 Å². The third kappa shape index (κ3) is 5.92. The van der Waals surface area contributed by atoms with Gasteiger partial charge in [-0.15, -0.1) is 0 Å². The number of amides is 1. The van der Waals surface area contributed by atoms with E-state index >= 15 is 0 Å². The average Bonchev–Trinajstić information content (AvgIpc) is 2.16. The first-order valence-corrected chi connectivity index (χ1v) is 4.20. The van der Waals surface area contributed by atoms with Gasteiger partial charge in [-0.2, -0.15) is 0 Å². The van der Waals surface area contributed by atoms with Crippen LogP contribution in [0.3, 0.4) is 0 Å². The van der Waals surface area contributed by atoms with Crippen LogP contribution in [0.1, 0.15) is 13.3 Å². The average molecular weight is 187 g/mol. The maximum Gasteiger partial charge on any atom is 0.221 e. The number of rotatable bonds is 4. The number of carbonyl (C=O) groups excluding carboxylic acids is 1. The van der Waals surface area contributed by atoms with Crippen LogP contribution in [0.25, 0.3) is 0 Å². The van der Waals surface area contributed by atoms with Crippen molar-refractivity contribution in [2.45, 2.75) is 13.3 Å². The van der Waals surface area contributed by atoms with Gasteiger partial charge < -0.3 is 10.6 Å². The van der Waals surface area contributed by atoms with Crippen LogP contribution in [0.5, 0.6) is 0 Å². The first-order valence-electron chi connectivity index (χ1n) is 4.20. The van der Waals surface area contributed by atoms with Gasteiger partial charge >= 0.3 is 0 Å². The Morgan fingerprint density at radius 3 is 2.69 bits per heavy atom. The first kappa shape index (κ1) is 11.7. The lowest BCUT2D eigenvalue weighted by atomic mass is 10.4. The Hall–Kier alpha value is -1.30. The smallest absolute Gasteiger partial charge is 0.221 e. The van der Waals surface area contributed by atoms with Crippen LogP contribution in [0.2, 0.25) is 0 Å². The minimum absolute atomic E-state index is 0.0309. The molecule has 0 aromatic heterocycles. The van der Waals surface area contributed by atoms with E-state index in [0.29, 0.717) is 18.9 Å². The number of hydrogen-bond donors (Lipinski definition) is 4. The first-order chi connectivity index (χ1) is 6.24. The molecular formula is C7H17N5O. The number of guanidine groups is 1. The van der Waals surface area contributed by atoms with Crippen LogP contribution >= 0.6 is 0 Å². The second-order valence-corrected chi connectivity index (χ2v) is 2.33. The Bertz CT molecular complexity index is 180. The number of hydrazine groups is 1. The fourth-order valence-electron chi connectivity index (χ4n) is 0.714. The summed E-state index contributed by atoms with van der Waals surface area (Å²) in [7, 11) is 1.60. The molecule has 0 aliphatic rings. The van der Waals surface area contributed by atoms with Gasteiger partial charge in [-0.1, -0.05) is 0 Å². The van der Waals surface area contributed by atoms with Gasteiger partial charge in [0, 0.05) is 20.0 Å². The van der Waals surface area contributed by atoms with E-state index in [9.17, 15) is 4.79 Å². The number of aliphatic imine (C=N–C) groups is 1. The molecule has 0 unspecified atom stereocenters. The molecule has 0 heterocycles. The number of carbonyl (C=O) groups is 1. The number of nitrogens with one attached hydrogen (secondary N) is 3. The molecule has 6 heteroatoms. The van der Waals surface area contributed by atoms with Crippen molar-refractivity contribution in [3.8, 4) is 0 Å². The van der Waals surface area contributed by atoms with Crippen molar-refractivity contribution in [3.63, 3.8) is 0 Å². The zero-order chi connectivity index (χ0) is 10.1. The summed E-state index contributed by atoms with van der Waals surface area (Å²) in [5.41, 5.74) is 2.40. The molecule has 76 valence electrons. The SMILES string of the molecule is CCNC(=NCCC(=O)NC)NN. The van der Waals surface area contributed by atoms with Gasteiger partial charge in [0.2, 0.25) is 11.9 Å². The molecule has 13 heavy (non-hydrogen) atoms. The summed E-state index contributed by atoms with van der Waals surface area (Å²) in [5.74, 6) is 5.64. The molecule has 0 aliphatic heterocycles. The molecular weight excluding hydrogens is 170 g/mol. The Balaban J connectivity index is 3.72. The zero-order valence-electron chi connectivity index (χ0n) is 8.05. The predicted octanol–water partition coefficient (Wildman–Crippen LogP) is -1.45. The molecule has 0 spiro atoms. The van der Waals surface area contributed by atoms with Gasteiger partial charge in [-0.25, -0.2) is 5.84 Å². The van der Waals surface area contributed by atoms with E-state index < -0.39 is 0 Å². The fourth-order valence-corrected chi connectivity index (χ4v) is 0.714. The van der Waals surface area contributed by atoms with Crippen LogP contribution in [0.4, 0.5) is 0 Å². The highest BCUT2D eigenvalue weighted by Gasteiger charge is 1.96. The van der Waals surface area contributed by atoms with Crippen LogP contribution in [0, 0.1) is 0 Å². The van der Waals surface area contributed by atoms with E-state index in [1.54, 1.807) is 7.05 Å². The fraction of sp³-hybridized carbons (Fsp3) is 0.714. The predicted molar refractivity (Wildman–Crippen MR) is 52.0 cm³/mol. The standard InChI is InChI=1S/C7H17N5O/c1-3-10-7(12-8)11-5-4-6(13)9-2/h3-5,8H2,1-2H3,(H,9,13)(H2,10,11,12). The molecule has 0 aliphatic carbocycles. The minimum atomic E-state index is -0.0309. The maximum atomic E-state index is 10.8. The molecule has 5 N–H and O–H groups in total. The van der Waals surface area contributed by atoms with Crippen molar-refractivity contribution < 1.29 is 4.79 Å². The topological polar surface area (TPSA) is 91.5 Å². The van der Waals surface area contributed by atoms with Crippen LogP contribution in [0.15, 0.2) is 4.99 Å². The largest absolute Gasteiger partial charge is 0.359 e. The second-order valence-electron chi connectivity index (χ2n) is 2.33. The monoisotopic (exact) mass is 187 g/mol. The van der Waals surface area contributed by atoms with Crippen molar-refractivity contribution in [1.82, 2.24) is 16.1 Å². The highest BCUT2D eigenvalue weighted by atomic mass is 16.1. The van der Waals surface area contributed by atoms with Gasteiger partial charge in [-0.3, -0.25) is 15.2 Å². The lowest BCUT2D eigenvalue weighted by molar-refractivity contribution is -0.120. The van der Waals surface area contributed by atoms with Gasteiger partial charge in [0.25, 0.3) is 0 Å². The van der Waals surface area contributed by atoms with Crippen molar-refractivity contribution in [2.75, 3.05) is 20.1 Å². The molecule has 0 rings (SSSR count). The number of hydrogen-bond acceptors (Lipinski definition) is 3. The van der Waals surface area contributed by atoms with E-state index in [2.05, 4.69) is 21.1 Å². The lowest BCUT2D eigenvalue weighted by Crippen LogP contribution is -2.41. The summed E-state index contributed by atoms with van der Waals surface area (Å²) in [4.78, 5) is 14.8. The lowest BCUT2D eigenvalue weighted by Gasteiger charge is -2.05. The third-order valence-electron chi connectivity index (χ3n) is 1.37. The maximum absolute atomic E-state index is 10.8. The molecule has 6 nitrogen and oxygen atoms in total. The summed E-state index contributed by atoms with van der Waals surface area (Å²) in [6.07, 6.45) is 0.368. The number of nitrogens with two attached hydrogens (primary N) is 1. The molecule has 0 radical (unpaired) electrons. The molecule has 0 atom stereocenters. The summed E-state index contributed by atoms with van der Waals surface area (Å²) in [6, 6.07) is 0. The van der Waals surface area contributed by atoms with Crippen molar-refractivity contribution >= 4 is 11.9 Å². The van der Waals surface area contributed by atoms with Crippen molar-refractivity contribution in [1.29, 1.82) is 0 Å². The number of nitrogens with zero attached hydrogens (tertiary/aromatic N) is 1. The molecule has 0 saturated heterocycles. The van der Waals surface area contributed by atoms with Crippen LogP contribution in [-0.2, 0) is 4.79 Å². The Morgan fingerprint density at radius 1 is 1.54 bits per heavy atom. The van der Waals surface area contributed by atoms with Crippen molar-refractivity contribution in [3.05, 3.63) is 0 Å². The molecule has 0 saturated carbocycles. The summed E-state index contributed by atoms with van der Waals surface area (Å²) >= 11 is 0. The molecule has 0 aromatic carbocycles. The summed E-state index contributed by atoms with van der Waals surface area (Å²) in [5, 5.41) is 5.41. The van der Waals surface area contributed by atoms with Crippen molar-refractivity contribution in [2.24, 2.45) is 10.8 Å².